The molecule has 0 heteroatoms. The second-order valence-corrected chi connectivity index (χ2v) is 11.7. The SMILES string of the molecule is C(CCCCC[C@H]1CC[C@H]2CCC[C@H]2C1)CCCC[C@@H]1CC[C@@H]2CCC[C@@H]2C1. The number of hydrogen-bond donors (Lipinski definition) is 0. The van der Waals surface area contributed by atoms with Crippen LogP contribution in [0.1, 0.15) is 141 Å². The first-order chi connectivity index (χ1) is 13.9. The molecule has 0 bridgehead atoms. The summed E-state index contributed by atoms with van der Waals surface area (Å²) >= 11 is 0. The van der Waals surface area contributed by atoms with Crippen LogP contribution in [0, 0.1) is 35.5 Å². The molecule has 0 aliphatic heterocycles. The van der Waals surface area contributed by atoms with Crippen molar-refractivity contribution >= 4 is 0 Å². The van der Waals surface area contributed by atoms with Gasteiger partial charge in [0, 0.05) is 0 Å². The summed E-state index contributed by atoms with van der Waals surface area (Å²) in [6.07, 6.45) is 34.2. The molecule has 162 valence electrons. The van der Waals surface area contributed by atoms with Crippen molar-refractivity contribution in [3.63, 3.8) is 0 Å². The van der Waals surface area contributed by atoms with Crippen LogP contribution in [0.2, 0.25) is 0 Å². The van der Waals surface area contributed by atoms with Crippen molar-refractivity contribution in [2.24, 2.45) is 35.5 Å². The molecule has 0 nitrogen and oxygen atoms in total. The average molecular weight is 387 g/mol. The second-order valence-electron chi connectivity index (χ2n) is 11.7. The minimum atomic E-state index is 1.11. The molecule has 0 N–H and O–H groups in total. The van der Waals surface area contributed by atoms with Crippen LogP contribution in [0.4, 0.5) is 0 Å². The Morgan fingerprint density at radius 1 is 0.357 bits per heavy atom. The summed E-state index contributed by atoms with van der Waals surface area (Å²) in [4.78, 5) is 0. The van der Waals surface area contributed by atoms with Crippen molar-refractivity contribution in [1.29, 1.82) is 0 Å². The van der Waals surface area contributed by atoms with E-state index < -0.39 is 0 Å². The molecule has 0 aromatic rings. The molecule has 0 radical (unpaired) electrons. The largest absolute Gasteiger partial charge is 0.0533 e. The first kappa shape index (κ1) is 21.2. The molecular formula is C28H50. The van der Waals surface area contributed by atoms with E-state index in [4.69, 9.17) is 0 Å². The summed E-state index contributed by atoms with van der Waals surface area (Å²) in [5.74, 6) is 6.80. The van der Waals surface area contributed by atoms with E-state index in [1.807, 2.05) is 0 Å². The van der Waals surface area contributed by atoms with E-state index in [1.165, 1.54) is 51.4 Å². The van der Waals surface area contributed by atoms with E-state index in [0.29, 0.717) is 0 Å². The highest BCUT2D eigenvalue weighted by molar-refractivity contribution is 4.85. The summed E-state index contributed by atoms with van der Waals surface area (Å²) in [6.45, 7) is 0. The average Bonchev–Trinajstić information content (AvgIpc) is 3.37. The highest BCUT2D eigenvalue weighted by Crippen LogP contribution is 2.46. The molecular weight excluding hydrogens is 336 g/mol. The van der Waals surface area contributed by atoms with E-state index >= 15 is 0 Å². The Balaban J connectivity index is 0.928. The van der Waals surface area contributed by atoms with Crippen LogP contribution in [0.25, 0.3) is 0 Å². The van der Waals surface area contributed by atoms with Crippen molar-refractivity contribution in [2.75, 3.05) is 0 Å². The molecule has 4 fully saturated rings. The maximum atomic E-state index is 1.60. The zero-order valence-corrected chi connectivity index (χ0v) is 19.0. The Morgan fingerprint density at radius 3 is 1.21 bits per heavy atom. The predicted molar refractivity (Wildman–Crippen MR) is 123 cm³/mol. The Labute approximate surface area is 177 Å². The Hall–Kier alpha value is 0. The van der Waals surface area contributed by atoms with Gasteiger partial charge in [0.1, 0.15) is 0 Å². The van der Waals surface area contributed by atoms with Crippen molar-refractivity contribution < 1.29 is 0 Å². The summed E-state index contributed by atoms with van der Waals surface area (Å²) < 4.78 is 0. The molecule has 28 heavy (non-hydrogen) atoms. The maximum absolute atomic E-state index is 1.60. The van der Waals surface area contributed by atoms with E-state index in [1.54, 1.807) is 89.9 Å². The first-order valence-electron chi connectivity index (χ1n) is 13.9. The molecule has 0 spiro atoms. The van der Waals surface area contributed by atoms with Crippen LogP contribution in [0.3, 0.4) is 0 Å². The Morgan fingerprint density at radius 2 is 0.750 bits per heavy atom. The summed E-state index contributed by atoms with van der Waals surface area (Å²) in [6, 6.07) is 0. The minimum Gasteiger partial charge on any atom is -0.0533 e. The molecule has 4 saturated carbocycles. The van der Waals surface area contributed by atoms with Crippen molar-refractivity contribution in [1.82, 2.24) is 0 Å². The summed E-state index contributed by atoms with van der Waals surface area (Å²) in [7, 11) is 0. The van der Waals surface area contributed by atoms with Crippen molar-refractivity contribution in [3.05, 3.63) is 0 Å². The normalized spacial score (nSPS) is 37.7. The molecule has 0 aromatic carbocycles. The third-order valence-corrected chi connectivity index (χ3v) is 9.77. The number of fused-ring (bicyclic) bond motifs is 2. The lowest BCUT2D eigenvalue weighted by molar-refractivity contribution is 0.197. The topological polar surface area (TPSA) is 0 Å². The van der Waals surface area contributed by atoms with Crippen LogP contribution < -0.4 is 0 Å². The number of unbranched alkanes of at least 4 members (excludes halogenated alkanes) is 7. The molecule has 0 unspecified atom stereocenters. The summed E-state index contributed by atoms with van der Waals surface area (Å²) in [5, 5.41) is 0. The Bertz CT molecular complexity index is 386. The molecule has 6 atom stereocenters. The van der Waals surface area contributed by atoms with Gasteiger partial charge in [-0.15, -0.1) is 0 Å². The quantitative estimate of drug-likeness (QED) is 0.310. The van der Waals surface area contributed by atoms with Crippen molar-refractivity contribution in [3.8, 4) is 0 Å². The second kappa shape index (κ2) is 11.4. The Kier molecular flexibility index (Phi) is 8.65. The van der Waals surface area contributed by atoms with Gasteiger partial charge in [0.05, 0.1) is 0 Å². The zero-order valence-electron chi connectivity index (χ0n) is 19.0. The van der Waals surface area contributed by atoms with Crippen molar-refractivity contribution in [2.45, 2.75) is 141 Å². The smallest absolute Gasteiger partial charge is 0.0383 e. The van der Waals surface area contributed by atoms with Crippen LogP contribution in [0.5, 0.6) is 0 Å². The number of rotatable bonds is 11. The third kappa shape index (κ3) is 6.25. The van der Waals surface area contributed by atoms with Crippen LogP contribution in [-0.4, -0.2) is 0 Å². The maximum Gasteiger partial charge on any atom is -0.0383 e. The van der Waals surface area contributed by atoms with Gasteiger partial charge in [0.15, 0.2) is 0 Å². The van der Waals surface area contributed by atoms with Gasteiger partial charge in [-0.1, -0.05) is 116 Å². The fraction of sp³-hybridized carbons (Fsp3) is 1.00. The molecule has 0 aromatic heterocycles. The van der Waals surface area contributed by atoms with Gasteiger partial charge in [0.25, 0.3) is 0 Å². The standard InChI is InChI=1S/C28H50/c1(3-5-7-11-23-17-19-25-13-9-15-27(25)21-23)2-4-6-8-12-24-18-20-26-14-10-16-28(26)22-24/h23-28H,1-22H2/t23-,24+,25+,26-,27-,28+. The first-order valence-corrected chi connectivity index (χ1v) is 13.9. The van der Waals surface area contributed by atoms with Gasteiger partial charge < -0.3 is 0 Å². The van der Waals surface area contributed by atoms with E-state index in [2.05, 4.69) is 0 Å². The molecule has 4 aliphatic rings. The molecule has 4 aliphatic carbocycles. The van der Waals surface area contributed by atoms with Crippen LogP contribution >= 0.6 is 0 Å². The van der Waals surface area contributed by atoms with Crippen LogP contribution in [-0.2, 0) is 0 Å². The highest BCUT2D eigenvalue weighted by Gasteiger charge is 2.34. The molecule has 0 saturated heterocycles. The lowest BCUT2D eigenvalue weighted by Crippen LogP contribution is -2.20. The van der Waals surface area contributed by atoms with E-state index in [9.17, 15) is 0 Å². The molecule has 4 rings (SSSR count). The zero-order chi connectivity index (χ0) is 19.0. The monoisotopic (exact) mass is 386 g/mol. The van der Waals surface area contributed by atoms with E-state index in [-0.39, 0.29) is 0 Å². The van der Waals surface area contributed by atoms with Gasteiger partial charge >= 0.3 is 0 Å². The lowest BCUT2D eigenvalue weighted by atomic mass is 9.74. The minimum absolute atomic E-state index is 1.11. The fourth-order valence-electron chi connectivity index (χ4n) is 8.05. The highest BCUT2D eigenvalue weighted by atomic mass is 14.4. The molecule has 0 amide bonds. The van der Waals surface area contributed by atoms with E-state index in [0.717, 1.165) is 35.5 Å². The van der Waals surface area contributed by atoms with Crippen LogP contribution in [0.15, 0.2) is 0 Å². The summed E-state index contributed by atoms with van der Waals surface area (Å²) in [5.41, 5.74) is 0. The molecule has 0 heterocycles. The van der Waals surface area contributed by atoms with Gasteiger partial charge in [0.2, 0.25) is 0 Å². The van der Waals surface area contributed by atoms with Gasteiger partial charge in [-0.05, 0) is 61.2 Å². The van der Waals surface area contributed by atoms with Gasteiger partial charge in [-0.2, -0.15) is 0 Å². The third-order valence-electron chi connectivity index (χ3n) is 9.77. The van der Waals surface area contributed by atoms with Gasteiger partial charge in [-0.25, -0.2) is 0 Å². The fourth-order valence-corrected chi connectivity index (χ4v) is 8.05. The number of hydrogen-bond acceptors (Lipinski definition) is 0. The lowest BCUT2D eigenvalue weighted by Gasteiger charge is -2.32. The van der Waals surface area contributed by atoms with Gasteiger partial charge in [-0.3, -0.25) is 0 Å². The predicted octanol–water partition coefficient (Wildman–Crippen LogP) is 9.32.